The Balaban J connectivity index is 1.48. The Bertz CT molecular complexity index is 780. The number of piperazine rings is 1. The van der Waals surface area contributed by atoms with Crippen molar-refractivity contribution in [2.24, 2.45) is 0 Å². The van der Waals surface area contributed by atoms with Gasteiger partial charge in [-0.25, -0.2) is 8.42 Å². The maximum atomic E-state index is 12.5. The van der Waals surface area contributed by atoms with Gasteiger partial charge in [-0.1, -0.05) is 12.1 Å². The van der Waals surface area contributed by atoms with E-state index in [1.807, 2.05) is 29.3 Å². The normalized spacial score (nSPS) is 18.1. The minimum atomic E-state index is -3.39. The Morgan fingerprint density at radius 1 is 1.16 bits per heavy atom. The molecule has 0 bridgehead atoms. The minimum absolute atomic E-state index is 0.00649. The summed E-state index contributed by atoms with van der Waals surface area (Å²) in [7, 11) is -3.39. The zero-order chi connectivity index (χ0) is 17.9. The first-order chi connectivity index (χ1) is 12.0. The van der Waals surface area contributed by atoms with Crippen LogP contribution in [0.3, 0.4) is 0 Å². The SMILES string of the molecule is C[C@@H](NC(=O)CN1CCN(S(=O)(=O)c2cccs2)CC1)c1cccs1. The van der Waals surface area contributed by atoms with E-state index in [0.717, 1.165) is 4.88 Å². The van der Waals surface area contributed by atoms with Gasteiger partial charge in [-0.3, -0.25) is 9.69 Å². The lowest BCUT2D eigenvalue weighted by Gasteiger charge is -2.33. The summed E-state index contributed by atoms with van der Waals surface area (Å²) >= 11 is 2.85. The molecule has 1 saturated heterocycles. The van der Waals surface area contributed by atoms with Crippen LogP contribution in [0.2, 0.25) is 0 Å². The molecule has 136 valence electrons. The van der Waals surface area contributed by atoms with Crippen LogP contribution in [0.1, 0.15) is 17.8 Å². The van der Waals surface area contributed by atoms with Crippen LogP contribution in [-0.2, 0) is 14.8 Å². The highest BCUT2D eigenvalue weighted by Crippen LogP contribution is 2.22. The van der Waals surface area contributed by atoms with E-state index in [4.69, 9.17) is 0 Å². The highest BCUT2D eigenvalue weighted by atomic mass is 32.2. The van der Waals surface area contributed by atoms with E-state index in [-0.39, 0.29) is 11.9 Å². The number of sulfonamides is 1. The second-order valence-electron chi connectivity index (χ2n) is 5.92. The molecule has 1 atom stereocenters. The molecule has 3 rings (SSSR count). The van der Waals surface area contributed by atoms with Gasteiger partial charge >= 0.3 is 0 Å². The first-order valence-corrected chi connectivity index (χ1v) is 11.3. The molecule has 1 aliphatic heterocycles. The van der Waals surface area contributed by atoms with Crippen LogP contribution in [0, 0.1) is 0 Å². The molecule has 9 heteroatoms. The van der Waals surface area contributed by atoms with Crippen molar-refractivity contribution in [3.8, 4) is 0 Å². The number of hydrogen-bond donors (Lipinski definition) is 1. The van der Waals surface area contributed by atoms with E-state index in [1.165, 1.54) is 15.6 Å². The molecule has 1 aliphatic rings. The Hall–Kier alpha value is -1.26. The Morgan fingerprint density at radius 3 is 2.44 bits per heavy atom. The highest BCUT2D eigenvalue weighted by molar-refractivity contribution is 7.91. The molecular weight excluding hydrogens is 378 g/mol. The van der Waals surface area contributed by atoms with Gasteiger partial charge in [0.2, 0.25) is 5.91 Å². The van der Waals surface area contributed by atoms with Crippen LogP contribution in [-0.4, -0.2) is 56.3 Å². The highest BCUT2D eigenvalue weighted by Gasteiger charge is 2.29. The van der Waals surface area contributed by atoms with Gasteiger partial charge in [0.1, 0.15) is 4.21 Å². The van der Waals surface area contributed by atoms with E-state index in [2.05, 4.69) is 5.32 Å². The molecule has 3 heterocycles. The molecular formula is C16H21N3O3S3. The van der Waals surface area contributed by atoms with E-state index in [1.54, 1.807) is 28.8 Å². The van der Waals surface area contributed by atoms with Crippen molar-refractivity contribution in [1.29, 1.82) is 0 Å². The van der Waals surface area contributed by atoms with Crippen molar-refractivity contribution in [2.75, 3.05) is 32.7 Å². The van der Waals surface area contributed by atoms with Gasteiger partial charge in [0.05, 0.1) is 12.6 Å². The molecule has 0 radical (unpaired) electrons. The van der Waals surface area contributed by atoms with Crippen LogP contribution in [0.5, 0.6) is 0 Å². The lowest BCUT2D eigenvalue weighted by atomic mass is 10.2. The third-order valence-corrected chi connectivity index (χ3v) is 8.46. The van der Waals surface area contributed by atoms with Crippen molar-refractivity contribution in [3.63, 3.8) is 0 Å². The van der Waals surface area contributed by atoms with E-state index < -0.39 is 10.0 Å². The fourth-order valence-electron chi connectivity index (χ4n) is 2.76. The number of rotatable bonds is 6. The summed E-state index contributed by atoms with van der Waals surface area (Å²) in [6.07, 6.45) is 0. The van der Waals surface area contributed by atoms with Crippen LogP contribution >= 0.6 is 22.7 Å². The Labute approximate surface area is 156 Å². The molecule has 0 spiro atoms. The second-order valence-corrected chi connectivity index (χ2v) is 10.0. The Morgan fingerprint density at radius 2 is 1.84 bits per heavy atom. The largest absolute Gasteiger partial charge is 0.348 e. The maximum absolute atomic E-state index is 12.5. The number of hydrogen-bond acceptors (Lipinski definition) is 6. The van der Waals surface area contributed by atoms with E-state index >= 15 is 0 Å². The maximum Gasteiger partial charge on any atom is 0.252 e. The summed E-state index contributed by atoms with van der Waals surface area (Å²) in [4.78, 5) is 15.3. The first-order valence-electron chi connectivity index (χ1n) is 8.05. The third kappa shape index (κ3) is 4.48. The monoisotopic (exact) mass is 399 g/mol. The number of nitrogens with zero attached hydrogens (tertiary/aromatic N) is 2. The predicted molar refractivity (Wildman–Crippen MR) is 100 cm³/mol. The molecule has 0 aliphatic carbocycles. The molecule has 1 N–H and O–H groups in total. The number of amides is 1. The van der Waals surface area contributed by atoms with Gasteiger partial charge < -0.3 is 5.32 Å². The molecule has 2 aromatic rings. The molecule has 6 nitrogen and oxygen atoms in total. The number of thiophene rings is 2. The summed E-state index contributed by atoms with van der Waals surface area (Å²) in [5.41, 5.74) is 0. The molecule has 0 aromatic carbocycles. The molecule has 0 unspecified atom stereocenters. The van der Waals surface area contributed by atoms with Gasteiger partial charge in [0.15, 0.2) is 0 Å². The standard InChI is InChI=1S/C16H21N3O3S3/c1-13(14-4-2-10-23-14)17-15(20)12-18-6-8-19(9-7-18)25(21,22)16-5-3-11-24-16/h2-5,10-11,13H,6-9,12H2,1H3,(H,17,20)/t13-/m1/s1. The van der Waals surface area contributed by atoms with Gasteiger partial charge in [-0.2, -0.15) is 4.31 Å². The molecule has 25 heavy (non-hydrogen) atoms. The average Bonchev–Trinajstić information content (AvgIpc) is 3.29. The first kappa shape index (κ1) is 18.5. The summed E-state index contributed by atoms with van der Waals surface area (Å²) in [5, 5.41) is 6.75. The molecule has 2 aromatic heterocycles. The van der Waals surface area contributed by atoms with Crippen LogP contribution < -0.4 is 5.32 Å². The van der Waals surface area contributed by atoms with E-state index in [9.17, 15) is 13.2 Å². The summed E-state index contributed by atoms with van der Waals surface area (Å²) in [5.74, 6) is -0.0320. The quantitative estimate of drug-likeness (QED) is 0.807. The van der Waals surface area contributed by atoms with Crippen molar-refractivity contribution < 1.29 is 13.2 Å². The zero-order valence-electron chi connectivity index (χ0n) is 13.9. The lowest BCUT2D eigenvalue weighted by molar-refractivity contribution is -0.123. The molecule has 0 saturated carbocycles. The summed E-state index contributed by atoms with van der Waals surface area (Å²) < 4.78 is 26.9. The topological polar surface area (TPSA) is 69.7 Å². The minimum Gasteiger partial charge on any atom is -0.348 e. The third-order valence-electron chi connectivity index (χ3n) is 4.14. The molecule has 1 fully saturated rings. The predicted octanol–water partition coefficient (Wildman–Crippen LogP) is 1.99. The smallest absolute Gasteiger partial charge is 0.252 e. The van der Waals surface area contributed by atoms with Gasteiger partial charge in [-0.05, 0) is 29.8 Å². The van der Waals surface area contributed by atoms with Crippen LogP contribution in [0.15, 0.2) is 39.2 Å². The van der Waals surface area contributed by atoms with Gasteiger partial charge in [-0.15, -0.1) is 22.7 Å². The second kappa shape index (κ2) is 7.96. The number of carbonyl (C=O) groups excluding carboxylic acids is 1. The van der Waals surface area contributed by atoms with Crippen molar-refractivity contribution in [3.05, 3.63) is 39.9 Å². The fraction of sp³-hybridized carbons (Fsp3) is 0.438. The summed E-state index contributed by atoms with van der Waals surface area (Å²) in [6.45, 7) is 4.21. The lowest BCUT2D eigenvalue weighted by Crippen LogP contribution is -2.51. The number of nitrogens with one attached hydrogen (secondary N) is 1. The fourth-order valence-corrected chi connectivity index (χ4v) is 6.07. The summed E-state index contributed by atoms with van der Waals surface area (Å²) in [6, 6.07) is 7.34. The molecule has 1 amide bonds. The van der Waals surface area contributed by atoms with Gasteiger partial charge in [0.25, 0.3) is 10.0 Å². The van der Waals surface area contributed by atoms with Crippen molar-refractivity contribution in [2.45, 2.75) is 17.2 Å². The Kier molecular flexibility index (Phi) is 5.90. The van der Waals surface area contributed by atoms with Crippen molar-refractivity contribution in [1.82, 2.24) is 14.5 Å². The van der Waals surface area contributed by atoms with Crippen molar-refractivity contribution >= 4 is 38.6 Å². The van der Waals surface area contributed by atoms with E-state index in [0.29, 0.717) is 36.9 Å². The zero-order valence-corrected chi connectivity index (χ0v) is 16.4. The van der Waals surface area contributed by atoms with Crippen LogP contribution in [0.4, 0.5) is 0 Å². The number of carbonyl (C=O) groups is 1. The van der Waals surface area contributed by atoms with Crippen LogP contribution in [0.25, 0.3) is 0 Å². The van der Waals surface area contributed by atoms with Gasteiger partial charge in [0, 0.05) is 31.1 Å². The average molecular weight is 400 g/mol.